The van der Waals surface area contributed by atoms with Gasteiger partial charge in [-0.15, -0.1) is 0 Å². The van der Waals surface area contributed by atoms with Gasteiger partial charge in [0.2, 0.25) is 5.91 Å². The van der Waals surface area contributed by atoms with Crippen LogP contribution in [0.2, 0.25) is 5.02 Å². The molecule has 0 spiro atoms. The fourth-order valence-electron chi connectivity index (χ4n) is 1.56. The summed E-state index contributed by atoms with van der Waals surface area (Å²) in [5, 5.41) is 2.74. The van der Waals surface area contributed by atoms with Crippen LogP contribution in [0, 0.1) is 5.82 Å². The van der Waals surface area contributed by atoms with E-state index in [1.807, 2.05) is 30.3 Å². The van der Waals surface area contributed by atoms with Crippen molar-refractivity contribution < 1.29 is 9.18 Å². The monoisotopic (exact) mass is 353 g/mol. The van der Waals surface area contributed by atoms with E-state index in [0.717, 1.165) is 11.6 Å². The van der Waals surface area contributed by atoms with Crippen LogP contribution in [-0.4, -0.2) is 5.91 Å². The zero-order valence-corrected chi connectivity index (χ0v) is 12.6. The lowest BCUT2D eigenvalue weighted by Crippen LogP contribution is -2.09. The van der Waals surface area contributed by atoms with E-state index in [4.69, 9.17) is 11.6 Å². The smallest absolute Gasteiger partial charge is 0.248 e. The minimum Gasteiger partial charge on any atom is -0.320 e. The van der Waals surface area contributed by atoms with Gasteiger partial charge in [0.1, 0.15) is 5.82 Å². The third-order valence-electron chi connectivity index (χ3n) is 2.48. The molecule has 2 nitrogen and oxygen atoms in total. The van der Waals surface area contributed by atoms with Gasteiger partial charge in [0, 0.05) is 10.5 Å². The van der Waals surface area contributed by atoms with Crippen molar-refractivity contribution in [2.24, 2.45) is 0 Å². The number of amides is 1. The van der Waals surface area contributed by atoms with E-state index in [2.05, 4.69) is 21.2 Å². The van der Waals surface area contributed by atoms with E-state index >= 15 is 0 Å². The normalized spacial score (nSPS) is 10.8. The third-order valence-corrected chi connectivity index (χ3v) is 3.41. The van der Waals surface area contributed by atoms with Gasteiger partial charge in [-0.3, -0.25) is 4.79 Å². The number of carbonyl (C=O) groups excluding carboxylic acids is 1. The molecule has 0 fully saturated rings. The number of carbonyl (C=O) groups is 1. The minimum absolute atomic E-state index is 0.137. The predicted octanol–water partition coefficient (Wildman–Crippen LogP) is 4.89. The van der Waals surface area contributed by atoms with Gasteiger partial charge in [0.15, 0.2) is 0 Å². The molecule has 0 aliphatic heterocycles. The molecule has 2 aromatic carbocycles. The predicted molar refractivity (Wildman–Crippen MR) is 83.2 cm³/mol. The van der Waals surface area contributed by atoms with Crippen molar-refractivity contribution in [2.45, 2.75) is 0 Å². The Morgan fingerprint density at radius 3 is 2.60 bits per heavy atom. The Hall–Kier alpha value is -1.65. The molecule has 0 unspecified atom stereocenters. The maximum atomic E-state index is 13.1. The van der Waals surface area contributed by atoms with Crippen LogP contribution in [0.25, 0.3) is 6.08 Å². The summed E-state index contributed by atoms with van der Waals surface area (Å²) in [4.78, 5) is 11.8. The molecule has 0 radical (unpaired) electrons. The number of benzene rings is 2. The van der Waals surface area contributed by atoms with Crippen LogP contribution in [0.15, 0.2) is 53.0 Å². The number of rotatable bonds is 3. The summed E-state index contributed by atoms with van der Waals surface area (Å²) >= 11 is 9.05. The van der Waals surface area contributed by atoms with Crippen molar-refractivity contribution in [3.05, 3.63) is 69.4 Å². The lowest BCUT2D eigenvalue weighted by molar-refractivity contribution is -0.111. The first-order valence-corrected chi connectivity index (χ1v) is 6.92. The second-order valence-electron chi connectivity index (χ2n) is 3.98. The number of hydrogen-bond acceptors (Lipinski definition) is 1. The molecule has 0 saturated carbocycles. The molecule has 0 heterocycles. The van der Waals surface area contributed by atoms with Crippen molar-refractivity contribution in [1.29, 1.82) is 0 Å². The van der Waals surface area contributed by atoms with Gasteiger partial charge in [-0.1, -0.05) is 41.9 Å². The first-order valence-electron chi connectivity index (χ1n) is 5.75. The maximum absolute atomic E-state index is 13.1. The molecule has 20 heavy (non-hydrogen) atoms. The van der Waals surface area contributed by atoms with Gasteiger partial charge in [0.25, 0.3) is 0 Å². The lowest BCUT2D eigenvalue weighted by atomic mass is 10.2. The van der Waals surface area contributed by atoms with Crippen LogP contribution >= 0.6 is 27.5 Å². The Balaban J connectivity index is 2.11. The van der Waals surface area contributed by atoms with Crippen LogP contribution in [0.1, 0.15) is 5.56 Å². The Labute approximate surface area is 129 Å². The molecule has 0 saturated heterocycles. The Kier molecular flexibility index (Phi) is 4.93. The van der Waals surface area contributed by atoms with Gasteiger partial charge in [0.05, 0.1) is 10.7 Å². The number of halogens is 3. The largest absolute Gasteiger partial charge is 0.320 e. The van der Waals surface area contributed by atoms with E-state index in [-0.39, 0.29) is 10.9 Å². The summed E-state index contributed by atoms with van der Waals surface area (Å²) in [6.45, 7) is 0. The highest BCUT2D eigenvalue weighted by molar-refractivity contribution is 9.10. The zero-order valence-electron chi connectivity index (χ0n) is 10.2. The number of hydrogen-bond donors (Lipinski definition) is 1. The van der Waals surface area contributed by atoms with Crippen LogP contribution in [-0.2, 0) is 4.79 Å². The zero-order chi connectivity index (χ0) is 14.5. The van der Waals surface area contributed by atoms with Gasteiger partial charge in [-0.25, -0.2) is 4.39 Å². The first kappa shape index (κ1) is 14.8. The fraction of sp³-hybridized carbons (Fsp3) is 0. The number of nitrogens with one attached hydrogen (secondary N) is 1. The Morgan fingerprint density at radius 1 is 1.25 bits per heavy atom. The Morgan fingerprint density at radius 2 is 1.95 bits per heavy atom. The topological polar surface area (TPSA) is 29.1 Å². The molecule has 0 aliphatic carbocycles. The van der Waals surface area contributed by atoms with Crippen LogP contribution < -0.4 is 5.32 Å². The van der Waals surface area contributed by atoms with Crippen molar-refractivity contribution in [1.82, 2.24) is 0 Å². The van der Waals surface area contributed by atoms with Crippen LogP contribution in [0.4, 0.5) is 10.1 Å². The highest BCUT2D eigenvalue weighted by Crippen LogP contribution is 2.31. The number of anilines is 1. The molecular formula is C15H10BrClFNO. The summed E-state index contributed by atoms with van der Waals surface area (Å²) in [5.41, 5.74) is 1.25. The maximum Gasteiger partial charge on any atom is 0.248 e. The standard InChI is InChI=1S/C15H10BrClFNO/c16-12-8-11(18)9-13(17)15(12)19-14(20)7-6-10-4-2-1-3-5-10/h1-9H,(H,19,20)/b7-6+. The Bertz CT molecular complexity index is 635. The van der Waals surface area contributed by atoms with E-state index < -0.39 is 5.82 Å². The van der Waals surface area contributed by atoms with E-state index in [1.54, 1.807) is 6.08 Å². The van der Waals surface area contributed by atoms with Crippen molar-refractivity contribution in [3.63, 3.8) is 0 Å². The quantitative estimate of drug-likeness (QED) is 0.781. The van der Waals surface area contributed by atoms with Gasteiger partial charge < -0.3 is 5.32 Å². The van der Waals surface area contributed by atoms with Crippen molar-refractivity contribution in [3.8, 4) is 0 Å². The van der Waals surface area contributed by atoms with Crippen molar-refractivity contribution >= 4 is 45.2 Å². The second kappa shape index (κ2) is 6.68. The lowest BCUT2D eigenvalue weighted by Gasteiger charge is -2.07. The summed E-state index contributed by atoms with van der Waals surface area (Å²) < 4.78 is 13.5. The molecule has 2 rings (SSSR count). The molecule has 5 heteroatoms. The molecule has 0 bridgehead atoms. The van der Waals surface area contributed by atoms with E-state index in [0.29, 0.717) is 10.2 Å². The molecule has 1 amide bonds. The van der Waals surface area contributed by atoms with E-state index in [9.17, 15) is 9.18 Å². The highest BCUT2D eigenvalue weighted by Gasteiger charge is 2.09. The first-order chi connectivity index (χ1) is 9.56. The molecule has 0 aliphatic rings. The van der Waals surface area contributed by atoms with Gasteiger partial charge in [-0.05, 0) is 39.7 Å². The molecular weight excluding hydrogens is 345 g/mol. The molecule has 102 valence electrons. The summed E-state index contributed by atoms with van der Waals surface area (Å²) in [6.07, 6.45) is 3.07. The van der Waals surface area contributed by atoms with Crippen LogP contribution in [0.3, 0.4) is 0 Å². The minimum atomic E-state index is -0.472. The van der Waals surface area contributed by atoms with Gasteiger partial charge in [-0.2, -0.15) is 0 Å². The molecule has 0 aromatic heterocycles. The van der Waals surface area contributed by atoms with E-state index in [1.165, 1.54) is 12.1 Å². The third kappa shape index (κ3) is 3.92. The summed E-state index contributed by atoms with van der Waals surface area (Å²) in [6, 6.07) is 11.8. The van der Waals surface area contributed by atoms with Crippen LogP contribution in [0.5, 0.6) is 0 Å². The molecule has 0 atom stereocenters. The molecule has 1 N–H and O–H groups in total. The van der Waals surface area contributed by atoms with Gasteiger partial charge >= 0.3 is 0 Å². The average molecular weight is 355 g/mol. The fourth-order valence-corrected chi connectivity index (χ4v) is 2.46. The SMILES string of the molecule is O=C(/C=C/c1ccccc1)Nc1c(Cl)cc(F)cc1Br. The summed E-state index contributed by atoms with van der Waals surface area (Å²) in [7, 11) is 0. The molecule has 2 aromatic rings. The average Bonchev–Trinajstić information content (AvgIpc) is 2.42. The summed E-state index contributed by atoms with van der Waals surface area (Å²) in [5.74, 6) is -0.817. The van der Waals surface area contributed by atoms with Crippen molar-refractivity contribution in [2.75, 3.05) is 5.32 Å². The second-order valence-corrected chi connectivity index (χ2v) is 5.24. The highest BCUT2D eigenvalue weighted by atomic mass is 79.9.